The minimum Gasteiger partial charge on any atom is -0.468 e. The van der Waals surface area contributed by atoms with Crippen LogP contribution in [0.4, 0.5) is 0 Å². The first kappa shape index (κ1) is 13.8. The number of pyridine rings is 1. The third-order valence-corrected chi connectivity index (χ3v) is 2.78. The molecular weight excluding hydrogens is 252 g/mol. The number of hydrogen-bond donors (Lipinski definition) is 1. The van der Waals surface area contributed by atoms with Gasteiger partial charge in [-0.25, -0.2) is 0 Å². The Kier molecular flexibility index (Phi) is 4.89. The number of H-pyrrole nitrogens is 1. The Labute approximate surface area is 117 Å². The molecule has 0 unspecified atom stereocenters. The Bertz CT molecular complexity index is 662. The fourth-order valence-corrected chi connectivity index (χ4v) is 1.83. The minimum atomic E-state index is 0.431. The minimum absolute atomic E-state index is 0.431. The Morgan fingerprint density at radius 2 is 2.15 bits per heavy atom. The number of nitrogens with zero attached hydrogens (tertiary/aromatic N) is 1. The molecule has 3 rings (SSSR count). The third kappa shape index (κ3) is 3.45. The lowest BCUT2D eigenvalue weighted by atomic mass is 10.1. The predicted molar refractivity (Wildman–Crippen MR) is 79.2 cm³/mol. The first-order chi connectivity index (χ1) is 9.85. The lowest BCUT2D eigenvalue weighted by molar-refractivity contribution is -0.128. The van der Waals surface area contributed by atoms with Gasteiger partial charge in [0.1, 0.15) is 0 Å². The number of fused-ring (bicyclic) bond motifs is 1. The second kappa shape index (κ2) is 7.09. The van der Waals surface area contributed by atoms with E-state index in [-0.39, 0.29) is 0 Å². The summed E-state index contributed by atoms with van der Waals surface area (Å²) in [5, 5.41) is 1.23. The van der Waals surface area contributed by atoms with Gasteiger partial charge in [0, 0.05) is 29.7 Å². The van der Waals surface area contributed by atoms with Crippen molar-refractivity contribution in [2.75, 3.05) is 6.61 Å². The van der Waals surface area contributed by atoms with Gasteiger partial charge in [0.15, 0.2) is 0 Å². The highest BCUT2D eigenvalue weighted by Gasteiger charge is 1.99. The first-order valence-corrected chi connectivity index (χ1v) is 6.38. The lowest BCUT2D eigenvalue weighted by Gasteiger charge is -2.00. The van der Waals surface area contributed by atoms with Gasteiger partial charge in [0.2, 0.25) is 0 Å². The van der Waals surface area contributed by atoms with Crippen LogP contribution in [0.5, 0.6) is 0 Å². The molecule has 4 nitrogen and oxygen atoms in total. The number of carbonyl (C=O) groups excluding carboxylic acids is 1. The van der Waals surface area contributed by atoms with E-state index >= 15 is 0 Å². The van der Waals surface area contributed by atoms with E-state index in [4.69, 9.17) is 0 Å². The predicted octanol–water partition coefficient (Wildman–Crippen LogP) is 3.41. The number of nitrogens with one attached hydrogen (secondary N) is 1. The molecular formula is C16H16N2O2. The molecule has 0 spiro atoms. The molecule has 2 aromatic heterocycles. The van der Waals surface area contributed by atoms with Crippen LogP contribution in [0.25, 0.3) is 22.0 Å². The summed E-state index contributed by atoms with van der Waals surface area (Å²) in [6, 6.07) is 12.5. The van der Waals surface area contributed by atoms with Crippen LogP contribution in [0, 0.1) is 0 Å². The summed E-state index contributed by atoms with van der Waals surface area (Å²) >= 11 is 0. The number of aromatic nitrogens is 2. The zero-order valence-corrected chi connectivity index (χ0v) is 11.2. The molecule has 0 aliphatic rings. The lowest BCUT2D eigenvalue weighted by Crippen LogP contribution is -1.80. The van der Waals surface area contributed by atoms with Crippen molar-refractivity contribution in [1.29, 1.82) is 0 Å². The highest BCUT2D eigenvalue weighted by Crippen LogP contribution is 2.22. The van der Waals surface area contributed by atoms with Gasteiger partial charge in [0.05, 0.1) is 6.61 Å². The smallest absolute Gasteiger partial charge is 0.293 e. The topological polar surface area (TPSA) is 55.0 Å². The van der Waals surface area contributed by atoms with E-state index < -0.39 is 0 Å². The molecule has 102 valence electrons. The molecule has 2 heterocycles. The summed E-state index contributed by atoms with van der Waals surface area (Å²) in [6.45, 7) is 2.66. The van der Waals surface area contributed by atoms with Gasteiger partial charge >= 0.3 is 0 Å². The second-order valence-corrected chi connectivity index (χ2v) is 4.07. The van der Waals surface area contributed by atoms with Gasteiger partial charge in [-0.05, 0) is 42.1 Å². The van der Waals surface area contributed by atoms with Gasteiger partial charge in [0.25, 0.3) is 6.47 Å². The Balaban J connectivity index is 0.000000257. The zero-order valence-electron chi connectivity index (χ0n) is 11.2. The normalized spacial score (nSPS) is 9.65. The highest BCUT2D eigenvalue weighted by molar-refractivity contribution is 5.84. The van der Waals surface area contributed by atoms with Crippen molar-refractivity contribution in [3.63, 3.8) is 0 Å². The SMILES string of the molecule is CCOC=O.c1cncc(-c2ccc3[nH]ccc3c2)c1. The van der Waals surface area contributed by atoms with Gasteiger partial charge in [-0.1, -0.05) is 12.1 Å². The van der Waals surface area contributed by atoms with Crippen LogP contribution in [0.2, 0.25) is 0 Å². The van der Waals surface area contributed by atoms with Gasteiger partial charge in [-0.15, -0.1) is 0 Å². The summed E-state index contributed by atoms with van der Waals surface area (Å²) < 4.78 is 4.15. The van der Waals surface area contributed by atoms with E-state index in [0.29, 0.717) is 13.1 Å². The van der Waals surface area contributed by atoms with Crippen molar-refractivity contribution in [2.24, 2.45) is 0 Å². The highest BCUT2D eigenvalue weighted by atomic mass is 16.5. The van der Waals surface area contributed by atoms with Gasteiger partial charge < -0.3 is 9.72 Å². The van der Waals surface area contributed by atoms with Crippen molar-refractivity contribution in [3.8, 4) is 11.1 Å². The van der Waals surface area contributed by atoms with Crippen LogP contribution in [-0.4, -0.2) is 23.0 Å². The molecule has 0 aliphatic carbocycles. The van der Waals surface area contributed by atoms with E-state index in [0.717, 1.165) is 5.56 Å². The molecule has 1 N–H and O–H groups in total. The standard InChI is InChI=1S/C13H10N2.C3H6O2/c1-2-12(9-14-6-1)10-3-4-13-11(8-10)5-7-15-13;1-2-5-3-4/h1-9,15H;3H,2H2,1H3. The van der Waals surface area contributed by atoms with Crippen molar-refractivity contribution in [1.82, 2.24) is 9.97 Å². The van der Waals surface area contributed by atoms with Crippen LogP contribution < -0.4 is 0 Å². The summed E-state index contributed by atoms with van der Waals surface area (Å²) in [5.41, 5.74) is 3.53. The Morgan fingerprint density at radius 1 is 1.25 bits per heavy atom. The number of carbonyl (C=O) groups is 1. The number of aromatic amines is 1. The van der Waals surface area contributed by atoms with Crippen LogP contribution in [0.15, 0.2) is 55.0 Å². The molecule has 0 saturated carbocycles. The largest absolute Gasteiger partial charge is 0.468 e. The maximum Gasteiger partial charge on any atom is 0.293 e. The van der Waals surface area contributed by atoms with E-state index in [9.17, 15) is 4.79 Å². The van der Waals surface area contributed by atoms with Crippen molar-refractivity contribution in [3.05, 3.63) is 55.0 Å². The average molecular weight is 268 g/mol. The maximum absolute atomic E-state index is 9.18. The number of ether oxygens (including phenoxy) is 1. The van der Waals surface area contributed by atoms with Crippen LogP contribution in [0.1, 0.15) is 6.92 Å². The monoisotopic (exact) mass is 268 g/mol. The molecule has 0 saturated heterocycles. The summed E-state index contributed by atoms with van der Waals surface area (Å²) in [4.78, 5) is 16.5. The Morgan fingerprint density at radius 3 is 2.80 bits per heavy atom. The molecule has 1 aromatic carbocycles. The van der Waals surface area contributed by atoms with E-state index in [2.05, 4.69) is 45.0 Å². The molecule has 0 radical (unpaired) electrons. The maximum atomic E-state index is 9.18. The van der Waals surface area contributed by atoms with Crippen LogP contribution in [0.3, 0.4) is 0 Å². The van der Waals surface area contributed by atoms with Crippen molar-refractivity contribution >= 4 is 17.4 Å². The summed E-state index contributed by atoms with van der Waals surface area (Å²) in [7, 11) is 0. The van der Waals surface area contributed by atoms with E-state index in [1.54, 1.807) is 13.1 Å². The first-order valence-electron chi connectivity index (χ1n) is 6.38. The second-order valence-electron chi connectivity index (χ2n) is 4.07. The Hall–Kier alpha value is -2.62. The van der Waals surface area contributed by atoms with Crippen LogP contribution in [-0.2, 0) is 9.53 Å². The quantitative estimate of drug-likeness (QED) is 0.741. The molecule has 0 atom stereocenters. The molecule has 3 aromatic rings. The van der Waals surface area contributed by atoms with Crippen molar-refractivity contribution in [2.45, 2.75) is 6.92 Å². The molecule has 20 heavy (non-hydrogen) atoms. The fraction of sp³-hybridized carbons (Fsp3) is 0.125. The van der Waals surface area contributed by atoms with E-state index in [1.807, 2.05) is 18.5 Å². The molecule has 4 heteroatoms. The average Bonchev–Trinajstić information content (AvgIpc) is 2.97. The van der Waals surface area contributed by atoms with Gasteiger partial charge in [-0.3, -0.25) is 9.78 Å². The number of hydrogen-bond acceptors (Lipinski definition) is 3. The molecule has 0 amide bonds. The summed E-state index contributed by atoms with van der Waals surface area (Å²) in [5.74, 6) is 0. The molecule has 0 fully saturated rings. The van der Waals surface area contributed by atoms with Gasteiger partial charge in [-0.2, -0.15) is 0 Å². The fourth-order valence-electron chi connectivity index (χ4n) is 1.83. The zero-order chi connectivity index (χ0) is 14.2. The van der Waals surface area contributed by atoms with Crippen LogP contribution >= 0.6 is 0 Å². The molecule has 0 aliphatic heterocycles. The summed E-state index contributed by atoms with van der Waals surface area (Å²) in [6.07, 6.45) is 5.63. The number of benzene rings is 1. The van der Waals surface area contributed by atoms with E-state index in [1.165, 1.54) is 16.5 Å². The molecule has 0 bridgehead atoms. The third-order valence-electron chi connectivity index (χ3n) is 2.78. The van der Waals surface area contributed by atoms with Crippen molar-refractivity contribution < 1.29 is 9.53 Å². The number of rotatable bonds is 3.